The molecule has 108 valence electrons. The minimum Gasteiger partial charge on any atom is -0.465 e. The van der Waals surface area contributed by atoms with Crippen LogP contribution in [0.25, 0.3) is 12.2 Å². The Bertz CT molecular complexity index is 607. The van der Waals surface area contributed by atoms with E-state index in [2.05, 4.69) is 0 Å². The Morgan fingerprint density at radius 2 is 1.65 bits per heavy atom. The molecule has 0 spiro atoms. The van der Waals surface area contributed by atoms with Crippen LogP contribution in [0.4, 0.5) is 0 Å². The molecule has 0 unspecified atom stereocenters. The molecule has 0 aromatic carbocycles. The van der Waals surface area contributed by atoms with Crippen molar-refractivity contribution in [1.82, 2.24) is 0 Å². The van der Waals surface area contributed by atoms with Gasteiger partial charge < -0.3 is 13.7 Å². The zero-order chi connectivity index (χ0) is 15.0. The Labute approximate surface area is 121 Å². The van der Waals surface area contributed by atoms with Crippen LogP contribution in [0.15, 0.2) is 22.6 Å². The second-order valence-electron chi connectivity index (χ2n) is 6.04. The zero-order valence-corrected chi connectivity index (χ0v) is 13.2. The lowest BCUT2D eigenvalue weighted by Crippen LogP contribution is -2.41. The van der Waals surface area contributed by atoms with Crippen LogP contribution < -0.4 is 16.3 Å². The van der Waals surface area contributed by atoms with Gasteiger partial charge in [-0.2, -0.15) is 0 Å². The molecule has 1 fully saturated rings. The summed E-state index contributed by atoms with van der Waals surface area (Å²) in [5.74, 6) is 0. The molecule has 1 saturated heterocycles. The van der Waals surface area contributed by atoms with Crippen molar-refractivity contribution in [3.05, 3.63) is 28.9 Å². The van der Waals surface area contributed by atoms with Crippen LogP contribution >= 0.6 is 0 Å². The maximum Gasteiger partial charge on any atom is 0.532 e. The quantitative estimate of drug-likeness (QED) is 0.770. The molecule has 1 aliphatic heterocycles. The van der Waals surface area contributed by atoms with E-state index >= 15 is 0 Å². The molecule has 2 rings (SSSR count). The van der Waals surface area contributed by atoms with Crippen molar-refractivity contribution >= 4 is 24.9 Å². The van der Waals surface area contributed by atoms with Gasteiger partial charge in [-0.25, -0.2) is 0 Å². The van der Waals surface area contributed by atoms with Crippen LogP contribution in [0.1, 0.15) is 41.5 Å². The summed E-state index contributed by atoms with van der Waals surface area (Å²) in [6, 6.07) is 1.98. The van der Waals surface area contributed by atoms with Gasteiger partial charge in [0.1, 0.15) is 11.1 Å². The Kier molecular flexibility index (Phi) is 3.98. The van der Waals surface area contributed by atoms with E-state index in [0.717, 1.165) is 10.6 Å². The number of allylic oxidation sites excluding steroid dienone is 2. The topological polar surface area (TPSA) is 31.6 Å². The fourth-order valence-corrected chi connectivity index (χ4v) is 2.07. The number of furan rings is 1. The van der Waals surface area contributed by atoms with E-state index < -0.39 is 7.12 Å². The summed E-state index contributed by atoms with van der Waals surface area (Å²) in [6.45, 7) is 12.1. The predicted molar refractivity (Wildman–Crippen MR) is 83.1 cm³/mol. The minimum absolute atomic E-state index is 0.353. The normalized spacial score (nSPS) is 23.2. The van der Waals surface area contributed by atoms with Gasteiger partial charge in [0.25, 0.3) is 0 Å². The molecule has 3 nitrogen and oxygen atoms in total. The first-order valence-corrected chi connectivity index (χ1v) is 7.05. The minimum atomic E-state index is -0.452. The predicted octanol–water partition coefficient (Wildman–Crippen LogP) is 1.74. The summed E-state index contributed by atoms with van der Waals surface area (Å²) in [5.41, 5.74) is 0.849. The van der Waals surface area contributed by atoms with Crippen molar-refractivity contribution in [2.45, 2.75) is 52.7 Å². The fraction of sp³-hybridized carbons (Fsp3) is 0.500. The number of hydrogen-bond donors (Lipinski definition) is 0. The third kappa shape index (κ3) is 2.63. The molecular weight excluding hydrogens is 251 g/mol. The molecule has 1 aromatic rings. The van der Waals surface area contributed by atoms with Crippen LogP contribution in [0, 0.1) is 0 Å². The molecule has 4 heteroatoms. The number of hydrogen-bond acceptors (Lipinski definition) is 3. The van der Waals surface area contributed by atoms with Crippen LogP contribution in [-0.2, 0) is 9.31 Å². The zero-order valence-electron chi connectivity index (χ0n) is 13.2. The molecule has 0 atom stereocenters. The maximum atomic E-state index is 6.01. The summed E-state index contributed by atoms with van der Waals surface area (Å²) in [6.07, 6.45) is 7.95. The van der Waals surface area contributed by atoms with Gasteiger partial charge in [-0.15, -0.1) is 0 Å². The molecule has 1 aliphatic rings. The molecule has 0 bridgehead atoms. The van der Waals surface area contributed by atoms with Crippen LogP contribution in [0.5, 0.6) is 0 Å². The molecule has 0 amide bonds. The fourth-order valence-electron chi connectivity index (χ4n) is 2.07. The largest absolute Gasteiger partial charge is 0.532 e. The van der Waals surface area contributed by atoms with Gasteiger partial charge in [0.05, 0.1) is 11.2 Å². The Hall–Kier alpha value is -1.26. The van der Waals surface area contributed by atoms with E-state index in [1.807, 2.05) is 71.9 Å². The summed E-state index contributed by atoms with van der Waals surface area (Å²) < 4.78 is 17.9. The van der Waals surface area contributed by atoms with Crippen molar-refractivity contribution < 1.29 is 13.7 Å². The third-order valence-electron chi connectivity index (χ3n) is 4.03. The third-order valence-corrected chi connectivity index (χ3v) is 4.03. The van der Waals surface area contributed by atoms with E-state index in [0.29, 0.717) is 5.66 Å². The lowest BCUT2D eigenvalue weighted by atomic mass is 9.86. The first-order chi connectivity index (χ1) is 9.30. The average molecular weight is 274 g/mol. The van der Waals surface area contributed by atoms with Gasteiger partial charge in [-0.05, 0) is 53.7 Å². The maximum absolute atomic E-state index is 6.01. The van der Waals surface area contributed by atoms with Crippen molar-refractivity contribution in [3.63, 3.8) is 0 Å². The van der Waals surface area contributed by atoms with Crippen molar-refractivity contribution in [3.8, 4) is 0 Å². The molecule has 20 heavy (non-hydrogen) atoms. The molecule has 1 aromatic heterocycles. The highest BCUT2D eigenvalue weighted by molar-refractivity contribution is 6.60. The molecule has 2 heterocycles. The van der Waals surface area contributed by atoms with Crippen molar-refractivity contribution in [1.29, 1.82) is 0 Å². The van der Waals surface area contributed by atoms with Crippen LogP contribution in [0.3, 0.4) is 0 Å². The van der Waals surface area contributed by atoms with Gasteiger partial charge in [-0.1, -0.05) is 18.2 Å². The standard InChI is InChI=1S/C16H23BO3/c1-7-9-10-12-11-14(18-13(12)8-2)17-19-15(3,4)16(5,6)20-17/h7-11H,1-6H3/b9-7-,12-10-,13-8+. The molecule has 0 radical (unpaired) electrons. The molecular formula is C16H23BO3. The van der Waals surface area contributed by atoms with E-state index in [-0.39, 0.29) is 11.2 Å². The first kappa shape index (κ1) is 15.1. The Balaban J connectivity index is 2.40. The SMILES string of the molecule is C\C=C/C=c1/cc(B2OC(C)(C)C(C)(C)O2)o/c1=C/C. The molecule has 0 aliphatic carbocycles. The summed E-state index contributed by atoms with van der Waals surface area (Å²) in [7, 11) is -0.452. The second-order valence-corrected chi connectivity index (χ2v) is 6.04. The molecule has 0 saturated carbocycles. The van der Waals surface area contributed by atoms with Gasteiger partial charge in [0, 0.05) is 5.22 Å². The van der Waals surface area contributed by atoms with E-state index in [9.17, 15) is 0 Å². The summed E-state index contributed by atoms with van der Waals surface area (Å²) >= 11 is 0. The van der Waals surface area contributed by atoms with E-state index in [1.54, 1.807) is 0 Å². The Morgan fingerprint density at radius 1 is 1.05 bits per heavy atom. The second kappa shape index (κ2) is 5.26. The smallest absolute Gasteiger partial charge is 0.465 e. The van der Waals surface area contributed by atoms with E-state index in [1.165, 1.54) is 0 Å². The van der Waals surface area contributed by atoms with Gasteiger partial charge in [0.15, 0.2) is 0 Å². The lowest BCUT2D eigenvalue weighted by molar-refractivity contribution is 0.00578. The van der Waals surface area contributed by atoms with E-state index in [4.69, 9.17) is 13.7 Å². The highest BCUT2D eigenvalue weighted by atomic mass is 16.7. The van der Waals surface area contributed by atoms with Gasteiger partial charge in [-0.3, -0.25) is 0 Å². The molecule has 0 N–H and O–H groups in total. The van der Waals surface area contributed by atoms with Crippen molar-refractivity contribution in [2.75, 3.05) is 0 Å². The Morgan fingerprint density at radius 3 is 2.15 bits per heavy atom. The average Bonchev–Trinajstić information content (AvgIpc) is 2.86. The summed E-state index contributed by atoms with van der Waals surface area (Å²) in [4.78, 5) is 0. The highest BCUT2D eigenvalue weighted by Gasteiger charge is 2.53. The number of rotatable bonds is 2. The van der Waals surface area contributed by atoms with Gasteiger partial charge >= 0.3 is 7.12 Å². The lowest BCUT2D eigenvalue weighted by Gasteiger charge is -2.32. The van der Waals surface area contributed by atoms with Crippen LogP contribution in [-0.4, -0.2) is 18.3 Å². The summed E-state index contributed by atoms with van der Waals surface area (Å²) in [5, 5.41) is 1.04. The van der Waals surface area contributed by atoms with Crippen molar-refractivity contribution in [2.24, 2.45) is 0 Å². The first-order valence-electron chi connectivity index (χ1n) is 7.05. The highest BCUT2D eigenvalue weighted by Crippen LogP contribution is 2.36. The van der Waals surface area contributed by atoms with Gasteiger partial charge in [0.2, 0.25) is 0 Å². The van der Waals surface area contributed by atoms with Crippen LogP contribution in [0.2, 0.25) is 0 Å². The monoisotopic (exact) mass is 274 g/mol.